The molecule has 0 heterocycles. The highest BCUT2D eigenvalue weighted by Gasteiger charge is 2.38. The Balaban J connectivity index is 2.05. The van der Waals surface area contributed by atoms with Gasteiger partial charge < -0.3 is 4.57 Å². The second-order valence-electron chi connectivity index (χ2n) is 6.47. The van der Waals surface area contributed by atoms with E-state index >= 15 is 0 Å². The number of hydrogen-bond donors (Lipinski definition) is 0. The SMILES string of the molecule is CC(C1CCCCC1)P(=O)(c1ccccc1)c1ccccc1. The van der Waals surface area contributed by atoms with Gasteiger partial charge in [-0.1, -0.05) is 86.8 Å². The normalized spacial score (nSPS) is 18.0. The minimum atomic E-state index is -2.58. The van der Waals surface area contributed by atoms with Crippen molar-refractivity contribution < 1.29 is 4.57 Å². The lowest BCUT2D eigenvalue weighted by Crippen LogP contribution is -2.30. The van der Waals surface area contributed by atoms with Crippen molar-refractivity contribution in [1.29, 1.82) is 0 Å². The third kappa shape index (κ3) is 2.92. The number of benzene rings is 2. The van der Waals surface area contributed by atoms with Gasteiger partial charge in [-0.2, -0.15) is 0 Å². The molecule has 1 saturated carbocycles. The predicted octanol–water partition coefficient (Wildman–Crippen LogP) is 4.97. The molecule has 1 aliphatic carbocycles. The summed E-state index contributed by atoms with van der Waals surface area (Å²) in [6, 6.07) is 20.3. The molecule has 1 atom stereocenters. The molecule has 0 saturated heterocycles. The molecule has 3 rings (SSSR count). The number of rotatable bonds is 4. The third-order valence-corrected chi connectivity index (χ3v) is 8.88. The van der Waals surface area contributed by atoms with Crippen molar-refractivity contribution in [2.24, 2.45) is 5.92 Å². The van der Waals surface area contributed by atoms with Crippen LogP contribution < -0.4 is 10.6 Å². The average Bonchev–Trinajstić information content (AvgIpc) is 2.62. The first-order valence-electron chi connectivity index (χ1n) is 8.44. The maximum absolute atomic E-state index is 14.2. The van der Waals surface area contributed by atoms with Gasteiger partial charge in [-0.3, -0.25) is 0 Å². The van der Waals surface area contributed by atoms with Crippen molar-refractivity contribution in [3.63, 3.8) is 0 Å². The van der Waals surface area contributed by atoms with Gasteiger partial charge in [-0.15, -0.1) is 0 Å². The van der Waals surface area contributed by atoms with Crippen LogP contribution in [0.3, 0.4) is 0 Å². The van der Waals surface area contributed by atoms with Crippen LogP contribution >= 0.6 is 7.14 Å². The zero-order chi connectivity index (χ0) is 15.4. The zero-order valence-electron chi connectivity index (χ0n) is 13.3. The first-order valence-corrected chi connectivity index (χ1v) is 10.2. The van der Waals surface area contributed by atoms with Crippen molar-refractivity contribution in [3.05, 3.63) is 60.7 Å². The lowest BCUT2D eigenvalue weighted by atomic mass is 9.87. The molecule has 2 heteroatoms. The second-order valence-corrected chi connectivity index (χ2v) is 9.63. The lowest BCUT2D eigenvalue weighted by molar-refractivity contribution is 0.350. The third-order valence-electron chi connectivity index (χ3n) is 5.19. The maximum Gasteiger partial charge on any atom is 0.146 e. The maximum atomic E-state index is 14.2. The summed E-state index contributed by atoms with van der Waals surface area (Å²) < 4.78 is 14.2. The molecule has 0 amide bonds. The molecule has 22 heavy (non-hydrogen) atoms. The summed E-state index contributed by atoms with van der Waals surface area (Å²) in [6.45, 7) is 2.22. The van der Waals surface area contributed by atoms with Gasteiger partial charge in [0, 0.05) is 16.3 Å². The number of hydrogen-bond acceptors (Lipinski definition) is 1. The molecule has 2 aromatic carbocycles. The van der Waals surface area contributed by atoms with E-state index in [4.69, 9.17) is 0 Å². The molecule has 1 fully saturated rings. The highest BCUT2D eigenvalue weighted by molar-refractivity contribution is 7.79. The standard InChI is InChI=1S/C20H25OP/c1-17(18-11-5-2-6-12-18)22(21,19-13-7-3-8-14-19)20-15-9-4-10-16-20/h3-4,7-10,13-18H,2,5-6,11-12H2,1H3. The summed E-state index contributed by atoms with van der Waals surface area (Å²) in [5, 5.41) is 2.03. The molecule has 0 spiro atoms. The fraction of sp³-hybridized carbons (Fsp3) is 0.400. The Morgan fingerprint density at radius 1 is 0.818 bits per heavy atom. The molecule has 2 aromatic rings. The minimum absolute atomic E-state index is 0.220. The molecule has 0 aromatic heterocycles. The molecule has 0 aliphatic heterocycles. The summed E-state index contributed by atoms with van der Waals surface area (Å²) in [4.78, 5) is 0. The summed E-state index contributed by atoms with van der Waals surface area (Å²) in [7, 11) is -2.58. The molecule has 0 bridgehead atoms. The molecule has 1 unspecified atom stereocenters. The minimum Gasteiger partial charge on any atom is -0.313 e. The van der Waals surface area contributed by atoms with E-state index < -0.39 is 7.14 Å². The van der Waals surface area contributed by atoms with E-state index in [9.17, 15) is 4.57 Å². The summed E-state index contributed by atoms with van der Waals surface area (Å²) >= 11 is 0. The largest absolute Gasteiger partial charge is 0.313 e. The van der Waals surface area contributed by atoms with Crippen LogP contribution in [-0.4, -0.2) is 5.66 Å². The summed E-state index contributed by atoms with van der Waals surface area (Å²) in [5.74, 6) is 0.583. The molecule has 1 nitrogen and oxygen atoms in total. The summed E-state index contributed by atoms with van der Waals surface area (Å²) in [5.41, 5.74) is 0.220. The van der Waals surface area contributed by atoms with Gasteiger partial charge >= 0.3 is 0 Å². The predicted molar refractivity (Wildman–Crippen MR) is 95.8 cm³/mol. The molecule has 1 aliphatic rings. The van der Waals surface area contributed by atoms with Gasteiger partial charge in [0.2, 0.25) is 0 Å². The van der Waals surface area contributed by atoms with E-state index in [1.54, 1.807) is 0 Å². The van der Waals surface area contributed by atoms with Crippen LogP contribution in [0.5, 0.6) is 0 Å². The quantitative estimate of drug-likeness (QED) is 0.729. The van der Waals surface area contributed by atoms with E-state index in [0.717, 1.165) is 10.6 Å². The van der Waals surface area contributed by atoms with Crippen molar-refractivity contribution in [2.75, 3.05) is 0 Å². The van der Waals surface area contributed by atoms with Crippen LogP contribution in [-0.2, 0) is 4.57 Å². The molecule has 0 N–H and O–H groups in total. The van der Waals surface area contributed by atoms with E-state index in [1.165, 1.54) is 32.1 Å². The van der Waals surface area contributed by atoms with Gasteiger partial charge in [0.05, 0.1) is 0 Å². The van der Waals surface area contributed by atoms with E-state index in [2.05, 4.69) is 6.92 Å². The first-order chi connectivity index (χ1) is 10.7. The van der Waals surface area contributed by atoms with Gasteiger partial charge in [-0.25, -0.2) is 0 Å². The Kier molecular flexibility index (Phi) is 4.84. The highest BCUT2D eigenvalue weighted by atomic mass is 31.2. The summed E-state index contributed by atoms with van der Waals surface area (Å²) in [6.07, 6.45) is 6.37. The average molecular weight is 312 g/mol. The molecular formula is C20H25OP. The van der Waals surface area contributed by atoms with Crippen LogP contribution in [0.2, 0.25) is 0 Å². The molecule has 0 radical (unpaired) electrons. The zero-order valence-corrected chi connectivity index (χ0v) is 14.2. The van der Waals surface area contributed by atoms with Gasteiger partial charge in [-0.05, 0) is 18.8 Å². The van der Waals surface area contributed by atoms with E-state index in [1.807, 2.05) is 60.7 Å². The Morgan fingerprint density at radius 3 is 1.73 bits per heavy atom. The van der Waals surface area contributed by atoms with Crippen molar-refractivity contribution in [3.8, 4) is 0 Å². The van der Waals surface area contributed by atoms with Crippen molar-refractivity contribution in [2.45, 2.75) is 44.7 Å². The Bertz CT molecular complexity index is 586. The Morgan fingerprint density at radius 2 is 1.27 bits per heavy atom. The van der Waals surface area contributed by atoms with Gasteiger partial charge in [0.1, 0.15) is 7.14 Å². The Hall–Kier alpha value is -1.33. The van der Waals surface area contributed by atoms with Crippen molar-refractivity contribution in [1.82, 2.24) is 0 Å². The van der Waals surface area contributed by atoms with E-state index in [-0.39, 0.29) is 5.66 Å². The second kappa shape index (κ2) is 6.84. The van der Waals surface area contributed by atoms with Crippen LogP contribution in [0.15, 0.2) is 60.7 Å². The van der Waals surface area contributed by atoms with Gasteiger partial charge in [0.15, 0.2) is 0 Å². The topological polar surface area (TPSA) is 17.1 Å². The fourth-order valence-electron chi connectivity index (χ4n) is 3.83. The van der Waals surface area contributed by atoms with Crippen LogP contribution in [0.1, 0.15) is 39.0 Å². The molecular weight excluding hydrogens is 287 g/mol. The van der Waals surface area contributed by atoms with Crippen LogP contribution in [0.4, 0.5) is 0 Å². The fourth-order valence-corrected chi connectivity index (χ4v) is 7.19. The Labute approximate surface area is 134 Å². The van der Waals surface area contributed by atoms with Crippen LogP contribution in [0.25, 0.3) is 0 Å². The van der Waals surface area contributed by atoms with Crippen molar-refractivity contribution >= 4 is 17.8 Å². The monoisotopic (exact) mass is 312 g/mol. The first kappa shape index (κ1) is 15.6. The smallest absolute Gasteiger partial charge is 0.146 e. The van der Waals surface area contributed by atoms with Crippen LogP contribution in [0, 0.1) is 5.92 Å². The van der Waals surface area contributed by atoms with E-state index in [0.29, 0.717) is 5.92 Å². The lowest BCUT2D eigenvalue weighted by Gasteiger charge is -2.34. The highest BCUT2D eigenvalue weighted by Crippen LogP contribution is 2.53. The molecule has 116 valence electrons. The van der Waals surface area contributed by atoms with Gasteiger partial charge in [0.25, 0.3) is 0 Å².